The van der Waals surface area contributed by atoms with E-state index in [1.807, 2.05) is 56.3 Å². The predicted octanol–water partition coefficient (Wildman–Crippen LogP) is 3.20. The summed E-state index contributed by atoms with van der Waals surface area (Å²) in [6.45, 7) is 4.89. The monoisotopic (exact) mass is 395 g/mol. The van der Waals surface area contributed by atoms with Crippen LogP contribution in [-0.4, -0.2) is 24.2 Å². The van der Waals surface area contributed by atoms with Crippen LogP contribution < -0.4 is 25.4 Å². The van der Waals surface area contributed by atoms with Crippen molar-refractivity contribution in [2.45, 2.75) is 19.9 Å². The number of nitrogens with one attached hydrogen (secondary N) is 3. The molecule has 1 atom stereocenters. The van der Waals surface area contributed by atoms with E-state index in [1.165, 1.54) is 0 Å². The Kier molecular flexibility index (Phi) is 4.92. The van der Waals surface area contributed by atoms with Crippen molar-refractivity contribution in [1.82, 2.24) is 10.6 Å². The average molecular weight is 395 g/mol. The number of hydrogen-bond acceptors (Lipinski definition) is 4. The Bertz CT molecular complexity index is 969. The van der Waals surface area contributed by atoms with Crippen molar-refractivity contribution in [1.29, 1.82) is 0 Å². The number of carbonyl (C=O) groups excluding carboxylic acids is 1. The molecule has 28 heavy (non-hydrogen) atoms. The number of anilines is 1. The maximum absolute atomic E-state index is 13.1. The van der Waals surface area contributed by atoms with E-state index < -0.39 is 6.04 Å². The van der Waals surface area contributed by atoms with Gasteiger partial charge in [-0.1, -0.05) is 23.8 Å². The fourth-order valence-electron chi connectivity index (χ4n) is 3.32. The van der Waals surface area contributed by atoms with Crippen molar-refractivity contribution in [3.8, 4) is 11.5 Å². The molecule has 0 unspecified atom stereocenters. The van der Waals surface area contributed by atoms with Crippen LogP contribution in [0.3, 0.4) is 0 Å². The summed E-state index contributed by atoms with van der Waals surface area (Å²) < 4.78 is 11.3. The molecule has 2 aromatic carbocycles. The third-order valence-electron chi connectivity index (χ3n) is 4.72. The summed E-state index contributed by atoms with van der Waals surface area (Å²) in [5.74, 6) is 1.19. The quantitative estimate of drug-likeness (QED) is 0.694. The van der Waals surface area contributed by atoms with Crippen molar-refractivity contribution in [3.63, 3.8) is 0 Å². The molecule has 1 amide bonds. The minimum absolute atomic E-state index is 0.191. The van der Waals surface area contributed by atoms with Gasteiger partial charge in [-0.3, -0.25) is 4.79 Å². The van der Waals surface area contributed by atoms with Crippen LogP contribution >= 0.6 is 12.2 Å². The molecule has 0 saturated carbocycles. The van der Waals surface area contributed by atoms with E-state index in [2.05, 4.69) is 16.0 Å². The summed E-state index contributed by atoms with van der Waals surface area (Å²) in [5, 5.41) is 9.70. The molecule has 0 aliphatic carbocycles. The molecule has 2 aliphatic heterocycles. The van der Waals surface area contributed by atoms with Crippen LogP contribution in [0.5, 0.6) is 11.5 Å². The molecular formula is C21H21N3O3S. The van der Waals surface area contributed by atoms with E-state index in [1.54, 1.807) is 0 Å². The number of hydrogen-bond donors (Lipinski definition) is 3. The maximum Gasteiger partial charge on any atom is 0.255 e. The minimum atomic E-state index is -0.393. The van der Waals surface area contributed by atoms with Crippen LogP contribution in [0.4, 0.5) is 5.69 Å². The Morgan fingerprint density at radius 3 is 2.54 bits per heavy atom. The zero-order valence-corrected chi connectivity index (χ0v) is 16.5. The first-order valence-electron chi connectivity index (χ1n) is 9.07. The number of ether oxygens (including phenoxy) is 2. The third-order valence-corrected chi connectivity index (χ3v) is 4.94. The Hall–Kier alpha value is -3.06. The van der Waals surface area contributed by atoms with Crippen molar-refractivity contribution in [2.24, 2.45) is 0 Å². The highest BCUT2D eigenvalue weighted by atomic mass is 32.1. The topological polar surface area (TPSA) is 71.6 Å². The van der Waals surface area contributed by atoms with E-state index in [0.29, 0.717) is 41.1 Å². The second-order valence-corrected chi connectivity index (χ2v) is 7.20. The number of amides is 1. The highest BCUT2D eigenvalue weighted by Crippen LogP contribution is 2.36. The Balaban J connectivity index is 1.66. The summed E-state index contributed by atoms with van der Waals surface area (Å²) in [6, 6.07) is 13.0. The highest BCUT2D eigenvalue weighted by Gasteiger charge is 2.31. The first-order valence-corrected chi connectivity index (χ1v) is 9.48. The molecule has 0 saturated heterocycles. The Morgan fingerprint density at radius 1 is 1.07 bits per heavy atom. The number of thiocarbonyl (C=S) groups is 1. The highest BCUT2D eigenvalue weighted by molar-refractivity contribution is 7.80. The summed E-state index contributed by atoms with van der Waals surface area (Å²) in [4.78, 5) is 13.1. The fourth-order valence-corrected chi connectivity index (χ4v) is 3.59. The van der Waals surface area contributed by atoms with Crippen LogP contribution in [0, 0.1) is 6.92 Å². The molecule has 2 heterocycles. The molecule has 3 N–H and O–H groups in total. The van der Waals surface area contributed by atoms with Gasteiger partial charge in [0.1, 0.15) is 13.2 Å². The molecule has 0 fully saturated rings. The molecule has 0 bridgehead atoms. The summed E-state index contributed by atoms with van der Waals surface area (Å²) in [6.07, 6.45) is 0. The van der Waals surface area contributed by atoms with E-state index in [-0.39, 0.29) is 5.91 Å². The van der Waals surface area contributed by atoms with Gasteiger partial charge in [-0.15, -0.1) is 0 Å². The number of carbonyl (C=O) groups is 1. The summed E-state index contributed by atoms with van der Waals surface area (Å²) in [7, 11) is 0. The van der Waals surface area contributed by atoms with Gasteiger partial charge < -0.3 is 25.4 Å². The molecular weight excluding hydrogens is 374 g/mol. The number of fused-ring (bicyclic) bond motifs is 1. The van der Waals surface area contributed by atoms with Gasteiger partial charge in [-0.05, 0) is 55.9 Å². The van der Waals surface area contributed by atoms with Gasteiger partial charge in [0.05, 0.1) is 11.6 Å². The zero-order valence-electron chi connectivity index (χ0n) is 15.7. The van der Waals surface area contributed by atoms with Gasteiger partial charge in [-0.2, -0.15) is 0 Å². The third kappa shape index (κ3) is 3.66. The van der Waals surface area contributed by atoms with Crippen molar-refractivity contribution >= 4 is 28.9 Å². The van der Waals surface area contributed by atoms with Crippen LogP contribution in [0.25, 0.3) is 0 Å². The van der Waals surface area contributed by atoms with Gasteiger partial charge >= 0.3 is 0 Å². The lowest BCUT2D eigenvalue weighted by Crippen LogP contribution is -2.45. The SMILES string of the molecule is CC1=C(C(=O)Nc2ccc(C)cc2)[C@H](c2ccc3c(c2)OCCO3)NC(=S)N1. The number of allylic oxidation sites excluding steroid dienone is 1. The number of aryl methyl sites for hydroxylation is 1. The van der Waals surface area contributed by atoms with E-state index in [0.717, 1.165) is 16.8 Å². The van der Waals surface area contributed by atoms with Crippen LogP contribution in [0.2, 0.25) is 0 Å². The molecule has 144 valence electrons. The smallest absolute Gasteiger partial charge is 0.255 e. The summed E-state index contributed by atoms with van der Waals surface area (Å²) in [5.41, 5.74) is 4.04. The van der Waals surface area contributed by atoms with Gasteiger partial charge in [-0.25, -0.2) is 0 Å². The lowest BCUT2D eigenvalue weighted by atomic mass is 9.94. The average Bonchev–Trinajstić information content (AvgIpc) is 2.68. The van der Waals surface area contributed by atoms with E-state index >= 15 is 0 Å². The van der Waals surface area contributed by atoms with Crippen LogP contribution in [0.1, 0.15) is 24.1 Å². The van der Waals surface area contributed by atoms with Crippen molar-refractivity contribution in [2.75, 3.05) is 18.5 Å². The van der Waals surface area contributed by atoms with Gasteiger partial charge in [0, 0.05) is 11.4 Å². The lowest BCUT2D eigenvalue weighted by Gasteiger charge is -2.31. The predicted molar refractivity (Wildman–Crippen MR) is 112 cm³/mol. The molecule has 4 rings (SSSR count). The van der Waals surface area contributed by atoms with Gasteiger partial charge in [0.2, 0.25) is 0 Å². The van der Waals surface area contributed by atoms with Crippen LogP contribution in [0.15, 0.2) is 53.7 Å². The maximum atomic E-state index is 13.1. The second-order valence-electron chi connectivity index (χ2n) is 6.79. The largest absolute Gasteiger partial charge is 0.486 e. The fraction of sp³-hybridized carbons (Fsp3) is 0.238. The second kappa shape index (κ2) is 7.52. The van der Waals surface area contributed by atoms with Gasteiger partial charge in [0.25, 0.3) is 5.91 Å². The first kappa shape index (κ1) is 18.3. The molecule has 0 aromatic heterocycles. The minimum Gasteiger partial charge on any atom is -0.486 e. The Morgan fingerprint density at radius 2 is 1.79 bits per heavy atom. The molecule has 6 nitrogen and oxygen atoms in total. The van der Waals surface area contributed by atoms with Crippen molar-refractivity contribution < 1.29 is 14.3 Å². The van der Waals surface area contributed by atoms with Crippen LogP contribution in [-0.2, 0) is 4.79 Å². The Labute approximate surface area is 168 Å². The molecule has 7 heteroatoms. The zero-order chi connectivity index (χ0) is 19.7. The standard InChI is InChI=1S/C21H21N3O3S/c1-12-3-6-15(7-4-12)23-20(25)18-13(2)22-21(28)24-19(18)14-5-8-16-17(11-14)27-10-9-26-16/h3-8,11,19H,9-10H2,1-2H3,(H,23,25)(H2,22,24,28)/t19-/m0/s1. The molecule has 0 spiro atoms. The normalized spacial score (nSPS) is 18.2. The first-order chi connectivity index (χ1) is 13.5. The molecule has 2 aromatic rings. The lowest BCUT2D eigenvalue weighted by molar-refractivity contribution is -0.113. The number of rotatable bonds is 3. The number of benzene rings is 2. The van der Waals surface area contributed by atoms with E-state index in [9.17, 15) is 4.79 Å². The van der Waals surface area contributed by atoms with Crippen molar-refractivity contribution in [3.05, 3.63) is 64.9 Å². The summed E-state index contributed by atoms with van der Waals surface area (Å²) >= 11 is 5.32. The van der Waals surface area contributed by atoms with E-state index in [4.69, 9.17) is 21.7 Å². The van der Waals surface area contributed by atoms with Gasteiger partial charge in [0.15, 0.2) is 16.6 Å². The molecule has 0 radical (unpaired) electrons. The molecule has 2 aliphatic rings.